The van der Waals surface area contributed by atoms with E-state index in [9.17, 15) is 8.42 Å². The summed E-state index contributed by atoms with van der Waals surface area (Å²) in [5, 5.41) is 10.3. The summed E-state index contributed by atoms with van der Waals surface area (Å²) in [6.07, 6.45) is 5.40. The van der Waals surface area contributed by atoms with Gasteiger partial charge in [-0.05, 0) is 50.1 Å². The lowest BCUT2D eigenvalue weighted by molar-refractivity contribution is 0.461. The molecule has 1 aliphatic heterocycles. The number of rotatable bonds is 7. The lowest BCUT2D eigenvalue weighted by Gasteiger charge is -2.33. The molecular formula is C18H30N4O2S2. The lowest BCUT2D eigenvalue weighted by atomic mass is 10.1. The number of aliphatic imine (C=N–C) groups is 1. The molecule has 146 valence electrons. The molecule has 26 heavy (non-hydrogen) atoms. The van der Waals surface area contributed by atoms with Crippen molar-refractivity contribution in [1.29, 1.82) is 0 Å². The molecule has 2 fully saturated rings. The van der Waals surface area contributed by atoms with Gasteiger partial charge in [-0.2, -0.15) is 0 Å². The highest BCUT2D eigenvalue weighted by Crippen LogP contribution is 2.46. The molecule has 6 nitrogen and oxygen atoms in total. The van der Waals surface area contributed by atoms with Gasteiger partial charge in [0.25, 0.3) is 0 Å². The fourth-order valence-electron chi connectivity index (χ4n) is 3.54. The first-order chi connectivity index (χ1) is 12.4. The molecule has 1 aromatic rings. The Morgan fingerprint density at radius 3 is 2.65 bits per heavy atom. The molecule has 3 rings (SSSR count). The Kier molecular flexibility index (Phi) is 6.12. The molecule has 0 amide bonds. The molecule has 2 N–H and O–H groups in total. The standard InChI is InChI=1S/C18H30N4O2S2/c1-3-19-17(20-13-18(8-9-18)14-26(2,23)24)21-15-6-10-22(11-7-15)16-5-4-12-25-16/h4-5,12,15H,3,6-11,13-14H2,1-2H3,(H2,19,20,21). The number of anilines is 1. The smallest absolute Gasteiger partial charge is 0.191 e. The molecule has 2 heterocycles. The molecule has 0 unspecified atom stereocenters. The topological polar surface area (TPSA) is 73.8 Å². The summed E-state index contributed by atoms with van der Waals surface area (Å²) >= 11 is 1.80. The number of guanidine groups is 1. The third-order valence-electron chi connectivity index (χ3n) is 5.10. The Balaban J connectivity index is 1.52. The van der Waals surface area contributed by atoms with Crippen LogP contribution in [0.2, 0.25) is 0 Å². The van der Waals surface area contributed by atoms with Gasteiger partial charge in [0.2, 0.25) is 0 Å². The number of nitrogens with one attached hydrogen (secondary N) is 2. The number of thiophene rings is 1. The predicted molar refractivity (Wildman–Crippen MR) is 110 cm³/mol. The van der Waals surface area contributed by atoms with Gasteiger partial charge in [0, 0.05) is 43.9 Å². The fraction of sp³-hybridized carbons (Fsp3) is 0.722. The number of sulfone groups is 1. The van der Waals surface area contributed by atoms with Crippen molar-refractivity contribution in [2.45, 2.75) is 38.6 Å². The van der Waals surface area contributed by atoms with Crippen LogP contribution in [0.15, 0.2) is 22.5 Å². The summed E-state index contributed by atoms with van der Waals surface area (Å²) in [7, 11) is -2.95. The average Bonchev–Trinajstić information content (AvgIpc) is 3.10. The first kappa shape index (κ1) is 19.5. The fourth-order valence-corrected chi connectivity index (χ4v) is 5.81. The van der Waals surface area contributed by atoms with Gasteiger partial charge in [0.1, 0.15) is 9.84 Å². The normalized spacial score (nSPS) is 20.8. The van der Waals surface area contributed by atoms with Crippen LogP contribution in [0.4, 0.5) is 5.00 Å². The zero-order valence-electron chi connectivity index (χ0n) is 15.7. The highest BCUT2D eigenvalue weighted by molar-refractivity contribution is 7.90. The predicted octanol–water partition coefficient (Wildman–Crippen LogP) is 2.10. The molecule has 8 heteroatoms. The lowest BCUT2D eigenvalue weighted by Crippen LogP contribution is -2.48. The number of hydrogen-bond acceptors (Lipinski definition) is 5. The van der Waals surface area contributed by atoms with Crippen molar-refractivity contribution < 1.29 is 8.42 Å². The highest BCUT2D eigenvalue weighted by atomic mass is 32.2. The number of nitrogens with zero attached hydrogens (tertiary/aromatic N) is 2. The molecular weight excluding hydrogens is 368 g/mol. The summed E-state index contributed by atoms with van der Waals surface area (Å²) in [4.78, 5) is 7.16. The van der Waals surface area contributed by atoms with Gasteiger partial charge in [-0.15, -0.1) is 11.3 Å². The van der Waals surface area contributed by atoms with Crippen LogP contribution in [0.1, 0.15) is 32.6 Å². The van der Waals surface area contributed by atoms with E-state index in [-0.39, 0.29) is 11.2 Å². The summed E-state index contributed by atoms with van der Waals surface area (Å²) in [5.41, 5.74) is -0.127. The van der Waals surface area contributed by atoms with Crippen LogP contribution in [0, 0.1) is 5.41 Å². The van der Waals surface area contributed by atoms with E-state index in [1.807, 2.05) is 0 Å². The average molecular weight is 399 g/mol. The minimum absolute atomic E-state index is 0.127. The maximum atomic E-state index is 11.6. The molecule has 2 aliphatic rings. The van der Waals surface area contributed by atoms with Gasteiger partial charge in [0.15, 0.2) is 5.96 Å². The van der Waals surface area contributed by atoms with Gasteiger partial charge in [-0.1, -0.05) is 0 Å². The minimum atomic E-state index is -2.95. The van der Waals surface area contributed by atoms with Crippen molar-refractivity contribution in [2.24, 2.45) is 10.4 Å². The van der Waals surface area contributed by atoms with E-state index in [0.29, 0.717) is 12.6 Å². The van der Waals surface area contributed by atoms with Crippen molar-refractivity contribution in [2.75, 3.05) is 43.1 Å². The summed E-state index contributed by atoms with van der Waals surface area (Å²) in [6, 6.07) is 4.69. The third-order valence-corrected chi connectivity index (χ3v) is 7.16. The number of hydrogen-bond donors (Lipinski definition) is 2. The van der Waals surface area contributed by atoms with E-state index in [4.69, 9.17) is 4.99 Å². The Hall–Kier alpha value is -1.28. The maximum absolute atomic E-state index is 11.6. The zero-order valence-corrected chi connectivity index (χ0v) is 17.3. The minimum Gasteiger partial charge on any atom is -0.363 e. The second kappa shape index (κ2) is 8.17. The highest BCUT2D eigenvalue weighted by Gasteiger charge is 2.45. The van der Waals surface area contributed by atoms with Crippen LogP contribution in [0.3, 0.4) is 0 Å². The van der Waals surface area contributed by atoms with Crippen molar-refractivity contribution in [3.8, 4) is 0 Å². The Morgan fingerprint density at radius 2 is 2.12 bits per heavy atom. The van der Waals surface area contributed by atoms with Gasteiger partial charge < -0.3 is 15.5 Å². The van der Waals surface area contributed by atoms with Crippen LogP contribution in [0.5, 0.6) is 0 Å². The first-order valence-electron chi connectivity index (χ1n) is 9.40. The molecule has 1 saturated heterocycles. The van der Waals surface area contributed by atoms with Crippen LogP contribution in [-0.2, 0) is 9.84 Å². The van der Waals surface area contributed by atoms with Crippen LogP contribution in [0.25, 0.3) is 0 Å². The van der Waals surface area contributed by atoms with Crippen LogP contribution >= 0.6 is 11.3 Å². The molecule has 0 spiro atoms. The molecule has 0 bridgehead atoms. The molecule has 0 aromatic carbocycles. The largest absolute Gasteiger partial charge is 0.363 e. The van der Waals surface area contributed by atoms with E-state index in [1.54, 1.807) is 11.3 Å². The third kappa shape index (κ3) is 5.61. The molecule has 0 radical (unpaired) electrons. The van der Waals surface area contributed by atoms with E-state index < -0.39 is 9.84 Å². The van der Waals surface area contributed by atoms with E-state index in [2.05, 4.69) is 40.0 Å². The van der Waals surface area contributed by atoms with Gasteiger partial charge >= 0.3 is 0 Å². The Labute approximate surface area is 161 Å². The van der Waals surface area contributed by atoms with Crippen molar-refractivity contribution in [3.05, 3.63) is 17.5 Å². The van der Waals surface area contributed by atoms with E-state index in [1.165, 1.54) is 11.3 Å². The second-order valence-corrected chi connectivity index (χ2v) is 10.7. The van der Waals surface area contributed by atoms with E-state index >= 15 is 0 Å². The summed E-state index contributed by atoms with van der Waals surface area (Å²) < 4.78 is 23.2. The van der Waals surface area contributed by atoms with Crippen molar-refractivity contribution in [1.82, 2.24) is 10.6 Å². The van der Waals surface area contributed by atoms with Gasteiger partial charge in [-0.3, -0.25) is 4.99 Å². The quantitative estimate of drug-likeness (QED) is 0.543. The molecule has 1 aromatic heterocycles. The second-order valence-electron chi connectivity index (χ2n) is 7.62. The zero-order chi connectivity index (χ0) is 18.6. The van der Waals surface area contributed by atoms with Gasteiger partial charge in [0.05, 0.1) is 10.8 Å². The summed E-state index contributed by atoms with van der Waals surface area (Å²) in [6.45, 7) is 5.55. The van der Waals surface area contributed by atoms with Crippen molar-refractivity contribution >= 4 is 32.1 Å². The summed E-state index contributed by atoms with van der Waals surface area (Å²) in [5.74, 6) is 1.07. The van der Waals surface area contributed by atoms with E-state index in [0.717, 1.165) is 51.3 Å². The first-order valence-corrected chi connectivity index (χ1v) is 12.3. The SMILES string of the molecule is CCNC(=NCC1(CS(C)(=O)=O)CC1)NC1CCN(c2cccs2)CC1. The molecule has 1 saturated carbocycles. The molecule has 1 aliphatic carbocycles. The monoisotopic (exact) mass is 398 g/mol. The Morgan fingerprint density at radius 1 is 1.38 bits per heavy atom. The van der Waals surface area contributed by atoms with Gasteiger partial charge in [-0.25, -0.2) is 8.42 Å². The van der Waals surface area contributed by atoms with Crippen LogP contribution in [-0.4, -0.2) is 58.6 Å². The maximum Gasteiger partial charge on any atom is 0.191 e. The Bertz CT molecular complexity index is 704. The van der Waals surface area contributed by atoms with Crippen LogP contribution < -0.4 is 15.5 Å². The molecule has 0 atom stereocenters. The number of piperidine rings is 1. The van der Waals surface area contributed by atoms with Crippen molar-refractivity contribution in [3.63, 3.8) is 0 Å².